The van der Waals surface area contributed by atoms with Gasteiger partial charge in [-0.3, -0.25) is 0 Å². The molecule has 0 amide bonds. The molecule has 0 saturated heterocycles. The van der Waals surface area contributed by atoms with Crippen LogP contribution in [0.15, 0.2) is 134 Å². The molecule has 43 heavy (non-hydrogen) atoms. The van der Waals surface area contributed by atoms with Gasteiger partial charge in [0.15, 0.2) is 0 Å². The molecule has 5 aromatic carbocycles. The van der Waals surface area contributed by atoms with Crippen LogP contribution >= 0.6 is 0 Å². The third-order valence-corrected chi connectivity index (χ3v) is 8.24. The van der Waals surface area contributed by atoms with E-state index in [2.05, 4.69) is 172 Å². The van der Waals surface area contributed by atoms with E-state index in [4.69, 9.17) is 0 Å². The summed E-state index contributed by atoms with van der Waals surface area (Å²) < 4.78 is 0. The molecule has 0 radical (unpaired) electrons. The van der Waals surface area contributed by atoms with E-state index in [0.29, 0.717) is 0 Å². The molecule has 0 fully saturated rings. The van der Waals surface area contributed by atoms with Gasteiger partial charge in [-0.25, -0.2) is 0 Å². The topological polar surface area (TPSA) is 6.48 Å². The maximum absolute atomic E-state index is 4.42. The summed E-state index contributed by atoms with van der Waals surface area (Å²) in [6.45, 7) is 18.0. The molecule has 5 rings (SSSR count). The molecule has 2 nitrogen and oxygen atoms in total. The lowest BCUT2D eigenvalue weighted by Crippen LogP contribution is -2.21. The molecule has 0 N–H and O–H groups in total. The number of nitrogens with zero attached hydrogens (tertiary/aromatic N) is 2. The van der Waals surface area contributed by atoms with Gasteiger partial charge in [-0.15, -0.1) is 0 Å². The van der Waals surface area contributed by atoms with Gasteiger partial charge in [0.1, 0.15) is 0 Å². The van der Waals surface area contributed by atoms with Crippen molar-refractivity contribution in [3.63, 3.8) is 0 Å². The first kappa shape index (κ1) is 29.7. The van der Waals surface area contributed by atoms with E-state index in [0.717, 1.165) is 53.0 Å². The van der Waals surface area contributed by atoms with Crippen LogP contribution in [0.2, 0.25) is 0 Å². The number of hydrogen-bond donors (Lipinski definition) is 0. The second-order valence-corrected chi connectivity index (χ2v) is 11.5. The Bertz CT molecular complexity index is 1660. The van der Waals surface area contributed by atoms with Crippen LogP contribution in [0.3, 0.4) is 0 Å². The molecule has 0 aliphatic carbocycles. The number of benzene rings is 5. The summed E-state index contributed by atoms with van der Waals surface area (Å²) in [6, 6.07) is 43.6. The van der Waals surface area contributed by atoms with Crippen molar-refractivity contribution in [2.24, 2.45) is 0 Å². The maximum atomic E-state index is 4.42. The zero-order chi connectivity index (χ0) is 30.3. The Hall–Kier alpha value is -4.82. The van der Waals surface area contributed by atoms with Crippen LogP contribution in [0, 0.1) is 13.8 Å². The average molecular weight is 563 g/mol. The van der Waals surface area contributed by atoms with Crippen LogP contribution in [0.1, 0.15) is 51.4 Å². The van der Waals surface area contributed by atoms with E-state index in [9.17, 15) is 0 Å². The lowest BCUT2D eigenvalue weighted by Gasteiger charge is -2.24. The normalized spacial score (nSPS) is 10.8. The van der Waals surface area contributed by atoms with E-state index < -0.39 is 0 Å². The first-order valence-corrected chi connectivity index (χ1v) is 15.1. The molecule has 0 spiro atoms. The lowest BCUT2D eigenvalue weighted by molar-refractivity contribution is 0.831. The monoisotopic (exact) mass is 562 g/mol. The first-order valence-electron chi connectivity index (χ1n) is 15.1. The summed E-state index contributed by atoms with van der Waals surface area (Å²) in [5, 5.41) is 0. The predicted molar refractivity (Wildman–Crippen MR) is 187 cm³/mol. The van der Waals surface area contributed by atoms with Gasteiger partial charge in [0.2, 0.25) is 0 Å². The summed E-state index contributed by atoms with van der Waals surface area (Å²) >= 11 is 0. The molecule has 0 bridgehead atoms. The lowest BCUT2D eigenvalue weighted by atomic mass is 9.94. The fraction of sp³-hybridized carbons (Fsp3) is 0.171. The molecule has 0 aliphatic heterocycles. The summed E-state index contributed by atoms with van der Waals surface area (Å²) in [4.78, 5) is 4.67. The molecule has 216 valence electrons. The predicted octanol–water partition coefficient (Wildman–Crippen LogP) is 10.1. The third-order valence-electron chi connectivity index (χ3n) is 8.24. The van der Waals surface area contributed by atoms with Crippen molar-refractivity contribution in [3.05, 3.63) is 179 Å². The van der Waals surface area contributed by atoms with Crippen LogP contribution in [0.25, 0.3) is 11.1 Å². The van der Waals surface area contributed by atoms with Crippen molar-refractivity contribution in [1.82, 2.24) is 0 Å². The second kappa shape index (κ2) is 13.4. The van der Waals surface area contributed by atoms with E-state index in [-0.39, 0.29) is 0 Å². The van der Waals surface area contributed by atoms with Gasteiger partial charge in [0, 0.05) is 38.1 Å². The number of rotatable bonds is 11. The molecule has 0 aromatic heterocycles. The van der Waals surface area contributed by atoms with Crippen LogP contribution < -0.4 is 9.80 Å². The second-order valence-electron chi connectivity index (χ2n) is 11.5. The SMILES string of the molecule is C=C(c1ccc(C(=C)c2ccc(N(CC)Cc3ccc(C)cc3)cc2)cc1)c1ccc(N(C)Cc2ccc(C)cc2)cc1. The van der Waals surface area contributed by atoms with Crippen molar-refractivity contribution in [1.29, 1.82) is 0 Å². The Balaban J connectivity index is 1.21. The molecule has 0 aliphatic rings. The number of anilines is 2. The Morgan fingerprint density at radius 2 is 0.837 bits per heavy atom. The van der Waals surface area contributed by atoms with Gasteiger partial charge in [-0.2, -0.15) is 0 Å². The van der Waals surface area contributed by atoms with E-state index in [1.807, 2.05) is 0 Å². The van der Waals surface area contributed by atoms with Crippen LogP contribution in [0.4, 0.5) is 11.4 Å². The van der Waals surface area contributed by atoms with Crippen molar-refractivity contribution in [2.45, 2.75) is 33.9 Å². The Kier molecular flexibility index (Phi) is 9.27. The Labute approximate surface area is 258 Å². The zero-order valence-electron chi connectivity index (χ0n) is 26.0. The van der Waals surface area contributed by atoms with Gasteiger partial charge in [-0.05, 0) is 89.6 Å². The van der Waals surface area contributed by atoms with E-state index in [1.165, 1.54) is 33.6 Å². The molecule has 0 heterocycles. The highest BCUT2D eigenvalue weighted by Crippen LogP contribution is 2.29. The molecule has 5 aromatic rings. The van der Waals surface area contributed by atoms with Gasteiger partial charge >= 0.3 is 0 Å². The molecular weight excluding hydrogens is 520 g/mol. The molecule has 0 saturated carbocycles. The maximum Gasteiger partial charge on any atom is 0.0429 e. The summed E-state index contributed by atoms with van der Waals surface area (Å²) in [6.07, 6.45) is 0. The molecule has 0 atom stereocenters. The highest BCUT2D eigenvalue weighted by atomic mass is 15.1. The Morgan fingerprint density at radius 1 is 0.488 bits per heavy atom. The summed E-state index contributed by atoms with van der Waals surface area (Å²) in [5.74, 6) is 0. The number of hydrogen-bond acceptors (Lipinski definition) is 2. The zero-order valence-corrected chi connectivity index (χ0v) is 26.0. The minimum absolute atomic E-state index is 0.874. The van der Waals surface area contributed by atoms with E-state index in [1.54, 1.807) is 0 Å². The van der Waals surface area contributed by atoms with Crippen LogP contribution in [-0.2, 0) is 13.1 Å². The quantitative estimate of drug-likeness (QED) is 0.158. The van der Waals surface area contributed by atoms with Crippen molar-refractivity contribution >= 4 is 22.5 Å². The van der Waals surface area contributed by atoms with Crippen molar-refractivity contribution in [2.75, 3.05) is 23.4 Å². The summed E-state index contributed by atoms with van der Waals surface area (Å²) in [5.41, 5.74) is 14.1. The average Bonchev–Trinajstić information content (AvgIpc) is 3.05. The smallest absolute Gasteiger partial charge is 0.0429 e. The standard InChI is InChI=1S/C41H42N2/c1-7-43(29-35-14-10-31(3)11-15-35)41-26-22-39(23-27-41)33(5)37-18-16-36(17-19-37)32(4)38-20-24-40(25-21-38)42(6)28-34-12-8-30(2)9-13-34/h8-27H,4-5,7,28-29H2,1-3,6H3. The number of aryl methyl sites for hydroxylation is 2. The third kappa shape index (κ3) is 7.34. The van der Waals surface area contributed by atoms with Crippen LogP contribution in [0.5, 0.6) is 0 Å². The minimum atomic E-state index is 0.874. The minimum Gasteiger partial charge on any atom is -0.370 e. The highest BCUT2D eigenvalue weighted by Gasteiger charge is 2.10. The largest absolute Gasteiger partial charge is 0.370 e. The summed E-state index contributed by atoms with van der Waals surface area (Å²) in [7, 11) is 2.13. The fourth-order valence-electron chi connectivity index (χ4n) is 5.35. The fourth-order valence-corrected chi connectivity index (χ4v) is 5.35. The van der Waals surface area contributed by atoms with Crippen molar-refractivity contribution in [3.8, 4) is 0 Å². The van der Waals surface area contributed by atoms with E-state index >= 15 is 0 Å². The van der Waals surface area contributed by atoms with Gasteiger partial charge in [0.25, 0.3) is 0 Å². The molecule has 2 heteroatoms. The van der Waals surface area contributed by atoms with Crippen molar-refractivity contribution < 1.29 is 0 Å². The van der Waals surface area contributed by atoms with Gasteiger partial charge < -0.3 is 9.80 Å². The highest BCUT2D eigenvalue weighted by molar-refractivity contribution is 5.82. The van der Waals surface area contributed by atoms with Gasteiger partial charge in [-0.1, -0.05) is 121 Å². The first-order chi connectivity index (χ1) is 20.8. The molecular formula is C41H42N2. The van der Waals surface area contributed by atoms with Gasteiger partial charge in [0.05, 0.1) is 0 Å². The van der Waals surface area contributed by atoms with Crippen LogP contribution in [-0.4, -0.2) is 13.6 Å². The molecule has 0 unspecified atom stereocenters. The Morgan fingerprint density at radius 3 is 1.23 bits per heavy atom.